The van der Waals surface area contributed by atoms with E-state index in [2.05, 4.69) is 5.32 Å². The Morgan fingerprint density at radius 2 is 2.10 bits per heavy atom. The molecule has 6 heteroatoms. The number of benzene rings is 1. The van der Waals surface area contributed by atoms with E-state index in [0.717, 1.165) is 5.56 Å². The molecule has 0 saturated heterocycles. The zero-order chi connectivity index (χ0) is 14.8. The number of nitrogens with two attached hydrogens (primary N) is 1. The van der Waals surface area contributed by atoms with Crippen LogP contribution >= 0.6 is 11.6 Å². The van der Waals surface area contributed by atoms with Gasteiger partial charge < -0.3 is 20.5 Å². The molecular formula is C14H19ClN2O3. The Balaban J connectivity index is 2.03. The molecule has 0 aromatic heterocycles. The lowest BCUT2D eigenvalue weighted by Gasteiger charge is -2.21. The number of hydrogen-bond donors (Lipinski definition) is 2. The van der Waals surface area contributed by atoms with Crippen LogP contribution in [0.1, 0.15) is 19.4 Å². The van der Waals surface area contributed by atoms with Crippen LogP contribution in [0.4, 0.5) is 0 Å². The fraction of sp³-hybridized carbons (Fsp3) is 0.500. The average Bonchev–Trinajstić information content (AvgIpc) is 2.36. The summed E-state index contributed by atoms with van der Waals surface area (Å²) in [6, 6.07) is 3.51. The number of fused-ring (bicyclic) bond motifs is 1. The molecule has 1 heterocycles. The summed E-state index contributed by atoms with van der Waals surface area (Å²) in [5, 5.41) is 3.25. The van der Waals surface area contributed by atoms with E-state index in [1.807, 2.05) is 13.8 Å². The van der Waals surface area contributed by atoms with Crippen molar-refractivity contribution in [2.24, 2.45) is 5.73 Å². The third kappa shape index (κ3) is 4.02. The van der Waals surface area contributed by atoms with E-state index in [4.69, 9.17) is 26.8 Å². The highest BCUT2D eigenvalue weighted by Gasteiger charge is 2.18. The van der Waals surface area contributed by atoms with Gasteiger partial charge in [-0.2, -0.15) is 0 Å². The monoisotopic (exact) mass is 298 g/mol. The predicted octanol–water partition coefficient (Wildman–Crippen LogP) is 1.51. The van der Waals surface area contributed by atoms with Gasteiger partial charge in [0.05, 0.1) is 11.4 Å². The number of carbonyl (C=O) groups excluding carboxylic acids is 1. The van der Waals surface area contributed by atoms with E-state index < -0.39 is 5.54 Å². The molecule has 0 unspecified atom stereocenters. The summed E-state index contributed by atoms with van der Waals surface area (Å²) < 4.78 is 10.9. The zero-order valence-electron chi connectivity index (χ0n) is 11.7. The minimum absolute atomic E-state index is 0.101. The highest BCUT2D eigenvalue weighted by Crippen LogP contribution is 2.38. The molecule has 20 heavy (non-hydrogen) atoms. The van der Waals surface area contributed by atoms with Gasteiger partial charge in [0, 0.05) is 12.1 Å². The lowest BCUT2D eigenvalue weighted by Crippen LogP contribution is -2.45. The van der Waals surface area contributed by atoms with E-state index in [1.165, 1.54) is 0 Å². The molecule has 0 fully saturated rings. The maximum atomic E-state index is 11.9. The molecule has 5 nitrogen and oxygen atoms in total. The van der Waals surface area contributed by atoms with Gasteiger partial charge in [0.15, 0.2) is 11.5 Å². The Hall–Kier alpha value is -1.46. The topological polar surface area (TPSA) is 73.6 Å². The maximum Gasteiger partial charge on any atom is 0.224 e. The van der Waals surface area contributed by atoms with Gasteiger partial charge in [0.25, 0.3) is 0 Å². The van der Waals surface area contributed by atoms with Crippen molar-refractivity contribution < 1.29 is 14.3 Å². The maximum absolute atomic E-state index is 11.9. The Morgan fingerprint density at radius 3 is 2.80 bits per heavy atom. The van der Waals surface area contributed by atoms with Crippen LogP contribution in [0.3, 0.4) is 0 Å². The molecule has 0 atom stereocenters. The fourth-order valence-electron chi connectivity index (χ4n) is 1.84. The first-order chi connectivity index (χ1) is 9.35. The first-order valence-corrected chi connectivity index (χ1v) is 6.86. The lowest BCUT2D eigenvalue weighted by atomic mass is 10.1. The Morgan fingerprint density at radius 1 is 1.40 bits per heavy atom. The standard InChI is InChI=1S/C14H19ClN2O3/c1-14(2,16)8-17-12(18)7-9-5-10(15)13-11(6-9)19-3-4-20-13/h5-6H,3-4,7-8,16H2,1-2H3,(H,17,18). The van der Waals surface area contributed by atoms with Crippen molar-refractivity contribution in [2.45, 2.75) is 25.8 Å². The zero-order valence-corrected chi connectivity index (χ0v) is 12.4. The number of amides is 1. The number of hydrogen-bond acceptors (Lipinski definition) is 4. The van der Waals surface area contributed by atoms with Crippen LogP contribution in [-0.2, 0) is 11.2 Å². The Bertz CT molecular complexity index is 512. The van der Waals surface area contributed by atoms with Gasteiger partial charge in [0.1, 0.15) is 13.2 Å². The van der Waals surface area contributed by atoms with Crippen LogP contribution in [0.25, 0.3) is 0 Å². The van der Waals surface area contributed by atoms with Crippen molar-refractivity contribution in [2.75, 3.05) is 19.8 Å². The summed E-state index contributed by atoms with van der Waals surface area (Å²) in [7, 11) is 0. The van der Waals surface area contributed by atoms with Crippen LogP contribution in [0.2, 0.25) is 5.02 Å². The summed E-state index contributed by atoms with van der Waals surface area (Å²) in [5.41, 5.74) is 6.17. The lowest BCUT2D eigenvalue weighted by molar-refractivity contribution is -0.120. The second-order valence-electron chi connectivity index (χ2n) is 5.54. The fourth-order valence-corrected chi connectivity index (χ4v) is 2.13. The first kappa shape index (κ1) is 14.9. The molecule has 0 radical (unpaired) electrons. The average molecular weight is 299 g/mol. The molecule has 0 bridgehead atoms. The largest absolute Gasteiger partial charge is 0.486 e. The highest BCUT2D eigenvalue weighted by molar-refractivity contribution is 6.32. The van der Waals surface area contributed by atoms with Crippen molar-refractivity contribution in [3.8, 4) is 11.5 Å². The van der Waals surface area contributed by atoms with Crippen LogP contribution in [0.15, 0.2) is 12.1 Å². The van der Waals surface area contributed by atoms with Gasteiger partial charge in [-0.25, -0.2) is 0 Å². The van der Waals surface area contributed by atoms with E-state index in [1.54, 1.807) is 12.1 Å². The molecule has 110 valence electrons. The third-order valence-electron chi connectivity index (χ3n) is 2.76. The van der Waals surface area contributed by atoms with Crippen LogP contribution < -0.4 is 20.5 Å². The third-order valence-corrected chi connectivity index (χ3v) is 3.04. The normalized spacial score (nSPS) is 14.0. The summed E-state index contributed by atoms with van der Waals surface area (Å²) in [5.74, 6) is 1.03. The molecule has 3 N–H and O–H groups in total. The first-order valence-electron chi connectivity index (χ1n) is 6.49. The Kier molecular flexibility index (Phi) is 4.40. The second-order valence-corrected chi connectivity index (χ2v) is 5.95. The van der Waals surface area contributed by atoms with Crippen molar-refractivity contribution in [1.29, 1.82) is 0 Å². The van der Waals surface area contributed by atoms with Gasteiger partial charge in [-0.1, -0.05) is 11.6 Å². The Labute approximate surface area is 123 Å². The molecule has 0 spiro atoms. The van der Waals surface area contributed by atoms with Gasteiger partial charge >= 0.3 is 0 Å². The minimum atomic E-state index is -0.430. The molecule has 0 aliphatic carbocycles. The van der Waals surface area contributed by atoms with Gasteiger partial charge in [0.2, 0.25) is 5.91 Å². The van der Waals surface area contributed by atoms with E-state index in [9.17, 15) is 4.79 Å². The second kappa shape index (κ2) is 5.89. The molecule has 1 aromatic rings. The number of ether oxygens (including phenoxy) is 2. The molecule has 1 aliphatic rings. The molecule has 2 rings (SSSR count). The number of nitrogens with one attached hydrogen (secondary N) is 1. The summed E-state index contributed by atoms with van der Waals surface area (Å²) in [6.45, 7) is 5.10. The van der Waals surface area contributed by atoms with Crippen LogP contribution in [-0.4, -0.2) is 31.2 Å². The molecular weight excluding hydrogens is 280 g/mol. The van der Waals surface area contributed by atoms with Crippen molar-refractivity contribution in [1.82, 2.24) is 5.32 Å². The number of rotatable bonds is 4. The highest BCUT2D eigenvalue weighted by atomic mass is 35.5. The van der Waals surface area contributed by atoms with E-state index in [-0.39, 0.29) is 12.3 Å². The SMILES string of the molecule is CC(C)(N)CNC(=O)Cc1cc(Cl)c2c(c1)OCCO2. The van der Waals surface area contributed by atoms with Gasteiger partial charge in [-0.3, -0.25) is 4.79 Å². The van der Waals surface area contributed by atoms with Gasteiger partial charge in [-0.15, -0.1) is 0 Å². The van der Waals surface area contributed by atoms with Gasteiger partial charge in [-0.05, 0) is 31.5 Å². The van der Waals surface area contributed by atoms with Crippen LogP contribution in [0, 0.1) is 0 Å². The smallest absolute Gasteiger partial charge is 0.224 e. The summed E-state index contributed by atoms with van der Waals surface area (Å²) in [4.78, 5) is 11.9. The van der Waals surface area contributed by atoms with Crippen molar-refractivity contribution >= 4 is 17.5 Å². The molecule has 1 aromatic carbocycles. The predicted molar refractivity (Wildman–Crippen MR) is 77.4 cm³/mol. The number of halogens is 1. The van der Waals surface area contributed by atoms with Crippen LogP contribution in [0.5, 0.6) is 11.5 Å². The summed E-state index contributed by atoms with van der Waals surface area (Å²) >= 11 is 6.12. The van der Waals surface area contributed by atoms with Crippen molar-refractivity contribution in [3.05, 3.63) is 22.7 Å². The molecule has 1 amide bonds. The summed E-state index contributed by atoms with van der Waals surface area (Å²) in [6.07, 6.45) is 0.229. The molecule has 0 saturated carbocycles. The number of carbonyl (C=O) groups is 1. The van der Waals surface area contributed by atoms with E-state index >= 15 is 0 Å². The van der Waals surface area contributed by atoms with Crippen molar-refractivity contribution in [3.63, 3.8) is 0 Å². The van der Waals surface area contributed by atoms with E-state index in [0.29, 0.717) is 36.3 Å². The molecule has 1 aliphatic heterocycles. The minimum Gasteiger partial charge on any atom is -0.486 e. The quantitative estimate of drug-likeness (QED) is 0.883.